The number of sulfonamides is 1. The third kappa shape index (κ3) is 5.02. The number of aromatic nitrogens is 1. The Hall–Kier alpha value is -3.95. The number of nitrogens with zero attached hydrogens (tertiary/aromatic N) is 1. The number of hydrazone groups is 1. The van der Waals surface area contributed by atoms with Crippen LogP contribution in [0.1, 0.15) is 21.5 Å². The number of benzene rings is 3. The lowest BCUT2D eigenvalue weighted by Crippen LogP contribution is -2.18. The number of fused-ring (bicyclic) bond motifs is 1. The van der Waals surface area contributed by atoms with Crippen molar-refractivity contribution in [2.24, 2.45) is 10.2 Å². The van der Waals surface area contributed by atoms with E-state index in [1.54, 1.807) is 6.20 Å². The quantitative estimate of drug-likeness (QED) is 0.296. The fraction of sp³-hybridized carbons (Fsp3) is 0.0435. The van der Waals surface area contributed by atoms with E-state index < -0.39 is 15.9 Å². The zero-order valence-electron chi connectivity index (χ0n) is 16.9. The first-order valence-electron chi connectivity index (χ1n) is 9.64. The summed E-state index contributed by atoms with van der Waals surface area (Å²) in [6, 6.07) is 20.9. The summed E-state index contributed by atoms with van der Waals surface area (Å²) in [5.74, 6) is 0.265. The molecule has 9 heteroatoms. The van der Waals surface area contributed by atoms with Crippen LogP contribution in [-0.4, -0.2) is 25.5 Å². The Morgan fingerprint density at radius 2 is 1.81 bits per heavy atom. The number of hydrogen-bond acceptors (Lipinski definition) is 5. The third-order valence-corrected chi connectivity index (χ3v) is 5.68. The van der Waals surface area contributed by atoms with Crippen molar-refractivity contribution in [2.75, 3.05) is 0 Å². The molecule has 4 rings (SSSR count). The minimum Gasteiger partial charge on any atom is -0.489 e. The van der Waals surface area contributed by atoms with Crippen molar-refractivity contribution in [1.82, 2.24) is 10.4 Å². The summed E-state index contributed by atoms with van der Waals surface area (Å²) in [5.41, 5.74) is 5.43. The van der Waals surface area contributed by atoms with Gasteiger partial charge in [-0.1, -0.05) is 30.3 Å². The highest BCUT2D eigenvalue weighted by Gasteiger charge is 2.10. The van der Waals surface area contributed by atoms with Crippen LogP contribution in [0.2, 0.25) is 0 Å². The van der Waals surface area contributed by atoms with E-state index in [1.165, 1.54) is 30.5 Å². The van der Waals surface area contributed by atoms with Crippen LogP contribution in [0.25, 0.3) is 10.9 Å². The lowest BCUT2D eigenvalue weighted by Gasteiger charge is -2.06. The molecular formula is C23H20N4O4S. The van der Waals surface area contributed by atoms with E-state index >= 15 is 0 Å². The van der Waals surface area contributed by atoms with Crippen molar-refractivity contribution >= 4 is 33.0 Å². The predicted molar refractivity (Wildman–Crippen MR) is 122 cm³/mol. The molecule has 0 fully saturated rings. The van der Waals surface area contributed by atoms with E-state index in [0.717, 1.165) is 27.8 Å². The second-order valence-corrected chi connectivity index (χ2v) is 8.56. The van der Waals surface area contributed by atoms with Crippen molar-refractivity contribution in [3.63, 3.8) is 0 Å². The summed E-state index contributed by atoms with van der Waals surface area (Å²) >= 11 is 0. The number of nitrogens with one attached hydrogen (secondary N) is 2. The lowest BCUT2D eigenvalue weighted by atomic mass is 10.2. The molecule has 4 aromatic rings. The molecule has 0 aliphatic rings. The lowest BCUT2D eigenvalue weighted by molar-refractivity contribution is 0.0955. The van der Waals surface area contributed by atoms with Gasteiger partial charge in [0.25, 0.3) is 5.91 Å². The monoisotopic (exact) mass is 448 g/mol. The molecule has 8 nitrogen and oxygen atoms in total. The Morgan fingerprint density at radius 3 is 2.53 bits per heavy atom. The molecule has 0 unspecified atom stereocenters. The van der Waals surface area contributed by atoms with Gasteiger partial charge in [-0.15, -0.1) is 0 Å². The first-order valence-corrected chi connectivity index (χ1v) is 11.2. The molecule has 4 N–H and O–H groups in total. The van der Waals surface area contributed by atoms with Crippen LogP contribution in [0.5, 0.6) is 5.75 Å². The first-order chi connectivity index (χ1) is 15.4. The van der Waals surface area contributed by atoms with E-state index in [-0.39, 0.29) is 10.5 Å². The fourth-order valence-electron chi connectivity index (χ4n) is 3.09. The topological polar surface area (TPSA) is 127 Å². The second-order valence-electron chi connectivity index (χ2n) is 6.99. The average Bonchev–Trinajstić information content (AvgIpc) is 3.20. The van der Waals surface area contributed by atoms with Crippen molar-refractivity contribution in [1.29, 1.82) is 0 Å². The summed E-state index contributed by atoms with van der Waals surface area (Å²) in [5, 5.41) is 9.97. The van der Waals surface area contributed by atoms with Gasteiger partial charge in [0.2, 0.25) is 10.0 Å². The molecule has 0 bridgehead atoms. The van der Waals surface area contributed by atoms with Gasteiger partial charge < -0.3 is 9.72 Å². The number of rotatable bonds is 7. The van der Waals surface area contributed by atoms with Gasteiger partial charge in [-0.3, -0.25) is 4.79 Å². The Labute approximate surface area is 184 Å². The number of primary sulfonamides is 1. The SMILES string of the molecule is NS(=O)(=O)c1ccc(C(=O)N/N=C/c2c[nH]c3cc(OCc4ccccc4)ccc23)cc1. The summed E-state index contributed by atoms with van der Waals surface area (Å²) < 4.78 is 28.4. The molecule has 162 valence electrons. The van der Waals surface area contributed by atoms with Crippen LogP contribution < -0.4 is 15.3 Å². The highest BCUT2D eigenvalue weighted by atomic mass is 32.2. The van der Waals surface area contributed by atoms with Gasteiger partial charge in [0, 0.05) is 34.3 Å². The smallest absolute Gasteiger partial charge is 0.271 e. The van der Waals surface area contributed by atoms with Crippen LogP contribution in [0.4, 0.5) is 0 Å². The second kappa shape index (κ2) is 9.04. The summed E-state index contributed by atoms with van der Waals surface area (Å²) in [4.78, 5) is 15.3. The van der Waals surface area contributed by atoms with Crippen LogP contribution in [-0.2, 0) is 16.6 Å². The van der Waals surface area contributed by atoms with Crippen molar-refractivity contribution in [3.8, 4) is 5.75 Å². The minimum atomic E-state index is -3.81. The van der Waals surface area contributed by atoms with Crippen LogP contribution in [0.3, 0.4) is 0 Å². The Bertz CT molecular complexity index is 1380. The zero-order chi connectivity index (χ0) is 22.6. The Morgan fingerprint density at radius 1 is 1.06 bits per heavy atom. The number of hydrogen-bond donors (Lipinski definition) is 3. The number of ether oxygens (including phenoxy) is 1. The van der Waals surface area contributed by atoms with Gasteiger partial charge in [-0.2, -0.15) is 5.10 Å². The van der Waals surface area contributed by atoms with Gasteiger partial charge in [-0.25, -0.2) is 19.0 Å². The molecule has 3 aromatic carbocycles. The average molecular weight is 449 g/mol. The number of aromatic amines is 1. The third-order valence-electron chi connectivity index (χ3n) is 4.75. The summed E-state index contributed by atoms with van der Waals surface area (Å²) in [6.45, 7) is 0.478. The number of amides is 1. The molecule has 0 aliphatic heterocycles. The number of nitrogens with two attached hydrogens (primary N) is 1. The van der Waals surface area contributed by atoms with Crippen molar-refractivity contribution < 1.29 is 17.9 Å². The van der Waals surface area contributed by atoms with Gasteiger partial charge in [0.1, 0.15) is 12.4 Å². The normalized spacial score (nSPS) is 11.7. The highest BCUT2D eigenvalue weighted by molar-refractivity contribution is 7.89. The molecule has 0 saturated carbocycles. The fourth-order valence-corrected chi connectivity index (χ4v) is 3.60. The van der Waals surface area contributed by atoms with E-state index in [9.17, 15) is 13.2 Å². The molecular weight excluding hydrogens is 428 g/mol. The van der Waals surface area contributed by atoms with Crippen molar-refractivity contribution in [3.05, 3.63) is 95.7 Å². The Kier molecular flexibility index (Phi) is 6.02. The molecule has 1 heterocycles. The molecule has 0 spiro atoms. The standard InChI is InChI=1S/C23H20N4O4S/c24-32(29,30)20-9-6-17(7-10-20)23(28)27-26-14-18-13-25-22-12-19(8-11-21(18)22)31-15-16-4-2-1-3-5-16/h1-14,25H,15H2,(H,27,28)(H2,24,29,30)/b26-14+. The molecule has 0 saturated heterocycles. The molecule has 1 aromatic heterocycles. The molecule has 0 atom stereocenters. The minimum absolute atomic E-state index is 0.0662. The van der Waals surface area contributed by atoms with E-state index in [4.69, 9.17) is 9.88 Å². The van der Waals surface area contributed by atoms with Gasteiger partial charge in [-0.05, 0) is 42.0 Å². The predicted octanol–water partition coefficient (Wildman–Crippen LogP) is 3.16. The number of carbonyl (C=O) groups excluding carboxylic acids is 1. The van der Waals surface area contributed by atoms with Crippen LogP contribution in [0, 0.1) is 0 Å². The van der Waals surface area contributed by atoms with E-state index in [0.29, 0.717) is 6.61 Å². The number of H-pyrrole nitrogens is 1. The van der Waals surface area contributed by atoms with E-state index in [1.807, 2.05) is 48.5 Å². The van der Waals surface area contributed by atoms with Gasteiger partial charge >= 0.3 is 0 Å². The maximum Gasteiger partial charge on any atom is 0.271 e. The Balaban J connectivity index is 1.40. The summed E-state index contributed by atoms with van der Waals surface area (Å²) in [6.07, 6.45) is 3.31. The highest BCUT2D eigenvalue weighted by Crippen LogP contribution is 2.23. The zero-order valence-corrected chi connectivity index (χ0v) is 17.7. The van der Waals surface area contributed by atoms with Crippen molar-refractivity contribution in [2.45, 2.75) is 11.5 Å². The van der Waals surface area contributed by atoms with Gasteiger partial charge in [0.15, 0.2) is 0 Å². The van der Waals surface area contributed by atoms with Crippen LogP contribution in [0.15, 0.2) is 89.0 Å². The van der Waals surface area contributed by atoms with Crippen LogP contribution >= 0.6 is 0 Å². The molecule has 1 amide bonds. The van der Waals surface area contributed by atoms with Gasteiger partial charge in [0.05, 0.1) is 11.1 Å². The first kappa shape index (κ1) is 21.3. The maximum atomic E-state index is 12.2. The largest absolute Gasteiger partial charge is 0.489 e. The molecule has 0 aliphatic carbocycles. The maximum absolute atomic E-state index is 12.2. The molecule has 0 radical (unpaired) electrons. The van der Waals surface area contributed by atoms with E-state index in [2.05, 4.69) is 15.5 Å². The summed E-state index contributed by atoms with van der Waals surface area (Å²) in [7, 11) is -3.81. The number of carbonyl (C=O) groups is 1. The molecule has 32 heavy (non-hydrogen) atoms.